The van der Waals surface area contributed by atoms with Crippen molar-refractivity contribution in [2.24, 2.45) is 5.18 Å². The van der Waals surface area contributed by atoms with Crippen molar-refractivity contribution in [2.75, 3.05) is 0 Å². The molecule has 1 atom stereocenters. The van der Waals surface area contributed by atoms with Crippen molar-refractivity contribution in [2.45, 2.75) is 18.5 Å². The molecule has 0 saturated carbocycles. The number of hydrogen-bond acceptors (Lipinski definition) is 4. The first-order valence-electron chi connectivity index (χ1n) is 5.86. The van der Waals surface area contributed by atoms with Crippen LogP contribution in [0.3, 0.4) is 0 Å². The lowest BCUT2D eigenvalue weighted by molar-refractivity contribution is 0.301. The molecule has 0 aliphatic carbocycles. The number of benzene rings is 1. The number of nitroso groups, excluding NO2 is 1. The maximum absolute atomic E-state index is 10.2. The van der Waals surface area contributed by atoms with E-state index in [1.807, 2.05) is 42.5 Å². The van der Waals surface area contributed by atoms with Crippen LogP contribution in [0, 0.1) is 4.91 Å². The maximum atomic E-state index is 10.2. The fourth-order valence-electron chi connectivity index (χ4n) is 1.59. The van der Waals surface area contributed by atoms with Gasteiger partial charge in [0.15, 0.2) is 5.50 Å². The Labute approximate surface area is 116 Å². The zero-order valence-corrected chi connectivity index (χ0v) is 11.0. The van der Waals surface area contributed by atoms with Crippen molar-refractivity contribution in [1.29, 1.82) is 0 Å². The molecule has 98 valence electrons. The predicted molar refractivity (Wildman–Crippen MR) is 74.2 cm³/mol. The molecule has 0 saturated heterocycles. The number of aromatic nitrogens is 1. The SMILES string of the molecule is O=NC(Cl)Cc1ccc(OCc2ccccn2)cc1. The fraction of sp³-hybridized carbons (Fsp3) is 0.214. The van der Waals surface area contributed by atoms with E-state index in [1.54, 1.807) is 6.20 Å². The average molecular weight is 277 g/mol. The smallest absolute Gasteiger partial charge is 0.169 e. The normalized spacial score (nSPS) is 11.8. The van der Waals surface area contributed by atoms with Gasteiger partial charge in [-0.05, 0) is 35.0 Å². The molecular weight excluding hydrogens is 264 g/mol. The highest BCUT2D eigenvalue weighted by molar-refractivity contribution is 6.20. The Hall–Kier alpha value is -1.94. The third-order valence-electron chi connectivity index (χ3n) is 2.55. The number of rotatable bonds is 6. The van der Waals surface area contributed by atoms with Gasteiger partial charge < -0.3 is 4.74 Å². The Morgan fingerprint density at radius 3 is 2.63 bits per heavy atom. The molecule has 0 aliphatic heterocycles. The van der Waals surface area contributed by atoms with E-state index in [1.165, 1.54) is 0 Å². The summed E-state index contributed by atoms with van der Waals surface area (Å²) in [5.41, 5.74) is 1.10. The van der Waals surface area contributed by atoms with Crippen molar-refractivity contribution in [3.05, 3.63) is 64.8 Å². The second-order valence-electron chi connectivity index (χ2n) is 4.00. The maximum Gasteiger partial charge on any atom is 0.169 e. The molecule has 0 amide bonds. The number of halogens is 1. The number of nitrogens with zero attached hydrogens (tertiary/aromatic N) is 2. The summed E-state index contributed by atoms with van der Waals surface area (Å²) in [4.78, 5) is 14.4. The summed E-state index contributed by atoms with van der Waals surface area (Å²) < 4.78 is 5.60. The van der Waals surface area contributed by atoms with E-state index in [9.17, 15) is 4.91 Å². The molecule has 1 aromatic heterocycles. The van der Waals surface area contributed by atoms with E-state index in [4.69, 9.17) is 16.3 Å². The van der Waals surface area contributed by atoms with Crippen LogP contribution in [-0.4, -0.2) is 10.5 Å². The first-order valence-corrected chi connectivity index (χ1v) is 6.30. The molecule has 0 radical (unpaired) electrons. The monoisotopic (exact) mass is 276 g/mol. The summed E-state index contributed by atoms with van der Waals surface area (Å²) >= 11 is 5.66. The van der Waals surface area contributed by atoms with Crippen molar-refractivity contribution in [3.63, 3.8) is 0 Å². The Morgan fingerprint density at radius 1 is 1.21 bits per heavy atom. The highest BCUT2D eigenvalue weighted by Gasteiger charge is 2.05. The molecule has 0 N–H and O–H groups in total. The van der Waals surface area contributed by atoms with Gasteiger partial charge >= 0.3 is 0 Å². The van der Waals surface area contributed by atoms with Gasteiger partial charge in [0.1, 0.15) is 12.4 Å². The summed E-state index contributed by atoms with van der Waals surface area (Å²) in [5, 5.41) is 2.76. The van der Waals surface area contributed by atoms with Gasteiger partial charge in [0.2, 0.25) is 0 Å². The largest absolute Gasteiger partial charge is 0.487 e. The van der Waals surface area contributed by atoms with Crippen LogP contribution in [0.15, 0.2) is 53.8 Å². The number of alkyl halides is 1. The minimum absolute atomic E-state index is 0.422. The second-order valence-corrected chi connectivity index (χ2v) is 4.50. The molecule has 2 aromatic rings. The topological polar surface area (TPSA) is 51.5 Å². The average Bonchev–Trinajstić information content (AvgIpc) is 2.47. The molecule has 19 heavy (non-hydrogen) atoms. The minimum atomic E-state index is -0.722. The first kappa shape index (κ1) is 13.5. The highest BCUT2D eigenvalue weighted by Crippen LogP contribution is 2.16. The lowest BCUT2D eigenvalue weighted by Gasteiger charge is -2.07. The summed E-state index contributed by atoms with van der Waals surface area (Å²) in [6.45, 7) is 0.425. The van der Waals surface area contributed by atoms with E-state index in [2.05, 4.69) is 10.2 Å². The first-order chi connectivity index (χ1) is 9.28. The predicted octanol–water partition coefficient (Wildman–Crippen LogP) is 3.53. The summed E-state index contributed by atoms with van der Waals surface area (Å²) in [5.74, 6) is 0.750. The summed E-state index contributed by atoms with van der Waals surface area (Å²) in [6.07, 6.45) is 2.15. The van der Waals surface area contributed by atoms with Gasteiger partial charge in [0, 0.05) is 12.6 Å². The van der Waals surface area contributed by atoms with Crippen molar-refractivity contribution in [1.82, 2.24) is 4.98 Å². The van der Waals surface area contributed by atoms with E-state index >= 15 is 0 Å². The van der Waals surface area contributed by atoms with Gasteiger partial charge in [-0.3, -0.25) is 4.98 Å². The van der Waals surface area contributed by atoms with Gasteiger partial charge in [0.05, 0.1) is 5.69 Å². The zero-order valence-electron chi connectivity index (χ0n) is 10.2. The quantitative estimate of drug-likeness (QED) is 0.461. The Bertz CT molecular complexity index is 517. The molecule has 0 bridgehead atoms. The van der Waals surface area contributed by atoms with Crippen molar-refractivity contribution in [3.8, 4) is 5.75 Å². The van der Waals surface area contributed by atoms with E-state index in [-0.39, 0.29) is 0 Å². The number of pyridine rings is 1. The van der Waals surface area contributed by atoms with Gasteiger partial charge in [0.25, 0.3) is 0 Å². The van der Waals surface area contributed by atoms with Crippen LogP contribution in [-0.2, 0) is 13.0 Å². The second kappa shape index (κ2) is 6.85. The highest BCUT2D eigenvalue weighted by atomic mass is 35.5. The third kappa shape index (κ3) is 4.34. The number of ether oxygens (including phenoxy) is 1. The zero-order chi connectivity index (χ0) is 13.5. The van der Waals surface area contributed by atoms with Gasteiger partial charge in [-0.25, -0.2) is 0 Å². The Kier molecular flexibility index (Phi) is 4.86. The molecule has 2 rings (SSSR count). The van der Waals surface area contributed by atoms with Crippen LogP contribution in [0.1, 0.15) is 11.3 Å². The van der Waals surface area contributed by atoms with Crippen LogP contribution in [0.2, 0.25) is 0 Å². The minimum Gasteiger partial charge on any atom is -0.487 e. The fourth-order valence-corrected chi connectivity index (χ4v) is 1.77. The molecule has 0 spiro atoms. The molecule has 4 nitrogen and oxygen atoms in total. The van der Waals surface area contributed by atoms with Crippen LogP contribution in [0.5, 0.6) is 5.75 Å². The lowest BCUT2D eigenvalue weighted by atomic mass is 10.1. The molecule has 5 heteroatoms. The van der Waals surface area contributed by atoms with E-state index in [0.717, 1.165) is 17.0 Å². The van der Waals surface area contributed by atoms with Gasteiger partial charge in [-0.15, -0.1) is 4.91 Å². The van der Waals surface area contributed by atoms with E-state index < -0.39 is 5.50 Å². The number of hydrogen-bond donors (Lipinski definition) is 0. The van der Waals surface area contributed by atoms with Crippen LogP contribution in [0.4, 0.5) is 0 Å². The third-order valence-corrected chi connectivity index (χ3v) is 2.79. The Morgan fingerprint density at radius 2 is 2.00 bits per heavy atom. The standard InChI is InChI=1S/C14H13ClN2O2/c15-14(17-18)9-11-4-6-13(7-5-11)19-10-12-3-1-2-8-16-12/h1-8,14H,9-10H2. The molecule has 1 aromatic carbocycles. The van der Waals surface area contributed by atoms with Crippen molar-refractivity contribution < 1.29 is 4.74 Å². The van der Waals surface area contributed by atoms with E-state index in [0.29, 0.717) is 13.0 Å². The van der Waals surface area contributed by atoms with Crippen LogP contribution >= 0.6 is 11.6 Å². The Balaban J connectivity index is 1.90. The molecular formula is C14H13ClN2O2. The molecule has 0 fully saturated rings. The summed E-state index contributed by atoms with van der Waals surface area (Å²) in [7, 11) is 0. The van der Waals surface area contributed by atoms with Crippen LogP contribution in [0.25, 0.3) is 0 Å². The molecule has 0 aliphatic rings. The molecule has 1 unspecified atom stereocenters. The lowest BCUT2D eigenvalue weighted by Crippen LogP contribution is -2.00. The van der Waals surface area contributed by atoms with Crippen molar-refractivity contribution >= 4 is 11.6 Å². The molecule has 1 heterocycles. The van der Waals surface area contributed by atoms with Gasteiger partial charge in [-0.1, -0.05) is 29.8 Å². The summed E-state index contributed by atoms with van der Waals surface area (Å²) in [6, 6.07) is 13.1. The van der Waals surface area contributed by atoms with Crippen LogP contribution < -0.4 is 4.74 Å². The van der Waals surface area contributed by atoms with Gasteiger partial charge in [-0.2, -0.15) is 0 Å².